The average molecular weight is 545 g/mol. The second-order valence-electron chi connectivity index (χ2n) is 9.42. The minimum absolute atomic E-state index is 0.234. The first-order chi connectivity index (χ1) is 18.5. The molecule has 1 aromatic heterocycles. The number of amides is 4. The van der Waals surface area contributed by atoms with Gasteiger partial charge >= 0.3 is 11.9 Å². The van der Waals surface area contributed by atoms with Crippen molar-refractivity contribution in [2.45, 2.75) is 62.7 Å². The summed E-state index contributed by atoms with van der Waals surface area (Å²) in [7, 11) is 0. The number of carboxylic acid groups (broad SMARTS) is 2. The van der Waals surface area contributed by atoms with E-state index in [1.54, 1.807) is 6.20 Å². The van der Waals surface area contributed by atoms with Crippen LogP contribution in [0, 0.1) is 0 Å². The fraction of sp³-hybridized carbons (Fsp3) is 0.440. The summed E-state index contributed by atoms with van der Waals surface area (Å²) in [5.74, 6) is -5.92. The van der Waals surface area contributed by atoms with Gasteiger partial charge in [0, 0.05) is 30.1 Å². The Morgan fingerprint density at radius 1 is 1.08 bits per heavy atom. The van der Waals surface area contributed by atoms with Crippen LogP contribution in [0.15, 0.2) is 30.5 Å². The maximum absolute atomic E-state index is 13.2. The molecule has 1 aliphatic heterocycles. The number of H-pyrrole nitrogens is 1. The number of aliphatic carboxylic acids is 2. The first-order valence-corrected chi connectivity index (χ1v) is 12.4. The van der Waals surface area contributed by atoms with Gasteiger partial charge in [0.1, 0.15) is 18.1 Å². The fourth-order valence-corrected chi connectivity index (χ4v) is 4.61. The van der Waals surface area contributed by atoms with Crippen LogP contribution in [0.4, 0.5) is 0 Å². The lowest BCUT2D eigenvalue weighted by atomic mass is 10.0. The highest BCUT2D eigenvalue weighted by molar-refractivity contribution is 5.95. The Balaban J connectivity index is 1.69. The van der Waals surface area contributed by atoms with E-state index >= 15 is 0 Å². The van der Waals surface area contributed by atoms with Crippen LogP contribution in [0.1, 0.15) is 37.7 Å². The summed E-state index contributed by atoms with van der Waals surface area (Å²) in [5.41, 5.74) is 13.2. The molecule has 1 aliphatic rings. The van der Waals surface area contributed by atoms with Crippen LogP contribution in [-0.4, -0.2) is 86.4 Å². The molecule has 0 saturated carbocycles. The van der Waals surface area contributed by atoms with Crippen molar-refractivity contribution in [2.24, 2.45) is 11.5 Å². The molecule has 39 heavy (non-hydrogen) atoms. The number of benzene rings is 1. The Hall–Kier alpha value is -4.46. The molecule has 0 radical (unpaired) electrons. The largest absolute Gasteiger partial charge is 0.481 e. The van der Waals surface area contributed by atoms with Gasteiger partial charge in [-0.05, 0) is 37.3 Å². The van der Waals surface area contributed by atoms with Crippen LogP contribution in [0.25, 0.3) is 10.9 Å². The number of hydrogen-bond acceptors (Lipinski definition) is 7. The van der Waals surface area contributed by atoms with Crippen molar-refractivity contribution in [3.8, 4) is 0 Å². The number of aromatic amines is 1. The number of nitrogens with two attached hydrogens (primary N) is 2. The molecule has 9 N–H and O–H groups in total. The number of hydrogen-bond donors (Lipinski definition) is 7. The summed E-state index contributed by atoms with van der Waals surface area (Å²) >= 11 is 0. The predicted molar refractivity (Wildman–Crippen MR) is 137 cm³/mol. The lowest BCUT2D eigenvalue weighted by Gasteiger charge is -2.28. The quantitative estimate of drug-likeness (QED) is 0.160. The predicted octanol–water partition coefficient (Wildman–Crippen LogP) is -1.18. The van der Waals surface area contributed by atoms with E-state index in [0.29, 0.717) is 12.8 Å². The number of nitrogens with one attached hydrogen (secondary N) is 3. The molecule has 2 aromatic rings. The van der Waals surface area contributed by atoms with E-state index in [4.69, 9.17) is 16.6 Å². The van der Waals surface area contributed by atoms with Crippen molar-refractivity contribution in [1.29, 1.82) is 0 Å². The number of likely N-dealkylation sites (tertiary alicyclic amines) is 1. The molecule has 4 unspecified atom stereocenters. The summed E-state index contributed by atoms with van der Waals surface area (Å²) in [4.78, 5) is 77.3. The summed E-state index contributed by atoms with van der Waals surface area (Å²) < 4.78 is 0. The van der Waals surface area contributed by atoms with Gasteiger partial charge in [-0.25, -0.2) is 4.79 Å². The van der Waals surface area contributed by atoms with E-state index in [1.807, 2.05) is 24.3 Å². The van der Waals surface area contributed by atoms with E-state index in [1.165, 1.54) is 4.90 Å². The smallest absolute Gasteiger partial charge is 0.326 e. The molecule has 4 amide bonds. The van der Waals surface area contributed by atoms with E-state index < -0.39 is 66.2 Å². The highest BCUT2D eigenvalue weighted by Gasteiger charge is 2.38. The van der Waals surface area contributed by atoms with Crippen molar-refractivity contribution in [2.75, 3.05) is 6.54 Å². The second-order valence-corrected chi connectivity index (χ2v) is 9.42. The number of aromatic nitrogens is 1. The third-order valence-electron chi connectivity index (χ3n) is 6.58. The SMILES string of the molecule is NC(=O)CCC(NC(=O)C1CCCN1C(=O)C(N)Cc1c[nH]c2ccccc12)C(=O)NC(CC(=O)O)C(=O)O. The molecule has 210 valence electrons. The van der Waals surface area contributed by atoms with Gasteiger partial charge in [0.15, 0.2) is 0 Å². The maximum Gasteiger partial charge on any atom is 0.326 e. The van der Waals surface area contributed by atoms with E-state index in [-0.39, 0.29) is 25.8 Å². The fourth-order valence-electron chi connectivity index (χ4n) is 4.61. The van der Waals surface area contributed by atoms with Crippen molar-refractivity contribution in [1.82, 2.24) is 20.5 Å². The summed E-state index contributed by atoms with van der Waals surface area (Å²) in [6.45, 7) is 0.274. The number of fused-ring (bicyclic) bond motifs is 1. The zero-order valence-corrected chi connectivity index (χ0v) is 21.1. The van der Waals surface area contributed by atoms with Crippen LogP contribution in [0.2, 0.25) is 0 Å². The van der Waals surface area contributed by atoms with Crippen molar-refractivity contribution < 1.29 is 39.0 Å². The molecule has 14 heteroatoms. The molecule has 2 heterocycles. The van der Waals surface area contributed by atoms with E-state index in [0.717, 1.165) is 16.5 Å². The standard InChI is InChI=1S/C25H32N6O8/c26-15(10-13-12-28-16-5-2-1-4-14(13)16)24(37)31-9-3-6-19(31)23(36)29-17(7-8-20(27)32)22(35)30-18(25(38)39)11-21(33)34/h1-2,4-5,12,15,17-19,28H,3,6-11,26H2,(H2,27,32)(H,29,36)(H,30,35)(H,33,34)(H,38,39). The molecule has 1 fully saturated rings. The highest BCUT2D eigenvalue weighted by Crippen LogP contribution is 2.22. The summed E-state index contributed by atoms with van der Waals surface area (Å²) in [6, 6.07) is 2.55. The Morgan fingerprint density at radius 2 is 1.79 bits per heavy atom. The van der Waals surface area contributed by atoms with Crippen LogP contribution in [0.5, 0.6) is 0 Å². The Bertz CT molecular complexity index is 1260. The van der Waals surface area contributed by atoms with Crippen molar-refractivity contribution in [3.05, 3.63) is 36.0 Å². The van der Waals surface area contributed by atoms with Crippen molar-refractivity contribution in [3.63, 3.8) is 0 Å². The van der Waals surface area contributed by atoms with Gasteiger partial charge in [0.2, 0.25) is 23.6 Å². The average Bonchev–Trinajstić information content (AvgIpc) is 3.53. The number of nitrogens with zero attached hydrogens (tertiary/aromatic N) is 1. The third-order valence-corrected chi connectivity index (χ3v) is 6.58. The topological polar surface area (TPSA) is 238 Å². The van der Waals surface area contributed by atoms with Crippen LogP contribution < -0.4 is 22.1 Å². The molecule has 3 rings (SSSR count). The number of carbonyl (C=O) groups excluding carboxylic acids is 4. The molecule has 0 aliphatic carbocycles. The van der Waals surface area contributed by atoms with Gasteiger partial charge in [-0.15, -0.1) is 0 Å². The number of primary amides is 1. The summed E-state index contributed by atoms with van der Waals surface area (Å²) in [5, 5.41) is 23.6. The second kappa shape index (κ2) is 12.9. The zero-order valence-electron chi connectivity index (χ0n) is 21.1. The Morgan fingerprint density at radius 3 is 2.46 bits per heavy atom. The molecule has 14 nitrogen and oxygen atoms in total. The van der Waals surface area contributed by atoms with Crippen LogP contribution in [-0.2, 0) is 35.2 Å². The first kappa shape index (κ1) is 29.1. The van der Waals surface area contributed by atoms with Gasteiger partial charge in [0.05, 0.1) is 12.5 Å². The molecular formula is C25H32N6O8. The van der Waals surface area contributed by atoms with Gasteiger partial charge in [-0.2, -0.15) is 0 Å². The first-order valence-electron chi connectivity index (χ1n) is 12.4. The molecule has 1 saturated heterocycles. The van der Waals surface area contributed by atoms with E-state index in [2.05, 4.69) is 15.6 Å². The number of para-hydroxylation sites is 1. The lowest BCUT2D eigenvalue weighted by Crippen LogP contribution is -2.57. The molecule has 1 aromatic carbocycles. The monoisotopic (exact) mass is 544 g/mol. The summed E-state index contributed by atoms with van der Waals surface area (Å²) in [6.07, 6.45) is 1.38. The number of carbonyl (C=O) groups is 6. The van der Waals surface area contributed by atoms with Crippen molar-refractivity contribution >= 4 is 46.5 Å². The minimum atomic E-state index is -1.75. The van der Waals surface area contributed by atoms with Crippen LogP contribution >= 0.6 is 0 Å². The molecule has 4 atom stereocenters. The number of carboxylic acids is 2. The zero-order chi connectivity index (χ0) is 28.7. The minimum Gasteiger partial charge on any atom is -0.481 e. The molecular weight excluding hydrogens is 512 g/mol. The van der Waals surface area contributed by atoms with Gasteiger partial charge in [0.25, 0.3) is 0 Å². The number of rotatable bonds is 13. The van der Waals surface area contributed by atoms with E-state index in [9.17, 15) is 33.9 Å². The maximum atomic E-state index is 13.2. The van der Waals surface area contributed by atoms with Gasteiger partial charge in [-0.1, -0.05) is 18.2 Å². The highest BCUT2D eigenvalue weighted by atomic mass is 16.4. The Labute approximate surface area is 223 Å². The lowest BCUT2D eigenvalue weighted by molar-refractivity contribution is -0.147. The van der Waals surface area contributed by atoms with Gasteiger partial charge in [-0.3, -0.25) is 24.0 Å². The molecule has 0 bridgehead atoms. The normalized spacial score (nSPS) is 17.3. The third kappa shape index (κ3) is 7.54. The van der Waals surface area contributed by atoms with Crippen LogP contribution in [0.3, 0.4) is 0 Å². The Kier molecular flexibility index (Phi) is 9.60. The molecule has 0 spiro atoms. The van der Waals surface area contributed by atoms with Gasteiger partial charge < -0.3 is 42.2 Å².